The van der Waals surface area contributed by atoms with Crippen molar-refractivity contribution in [2.45, 2.75) is 12.3 Å². The largest absolute Gasteiger partial charge is 0.310 e. The van der Waals surface area contributed by atoms with Crippen LogP contribution in [0.2, 0.25) is 0 Å². The first-order chi connectivity index (χ1) is 25.6. The number of benzene rings is 7. The highest BCUT2D eigenvalue weighted by atomic mass is 19.1. The predicted octanol–water partition coefficient (Wildman–Crippen LogP) is 12.7. The Morgan fingerprint density at radius 1 is 0.462 bits per heavy atom. The highest BCUT2D eigenvalue weighted by Gasteiger charge is 2.25. The highest BCUT2D eigenvalue weighted by Crippen LogP contribution is 2.40. The summed E-state index contributed by atoms with van der Waals surface area (Å²) in [6, 6.07) is 54.6. The highest BCUT2D eigenvalue weighted by molar-refractivity contribution is 6.10. The van der Waals surface area contributed by atoms with Crippen molar-refractivity contribution >= 4 is 38.8 Å². The molecule has 0 spiro atoms. The minimum Gasteiger partial charge on any atom is -0.310 e. The fourth-order valence-electron chi connectivity index (χ4n) is 8.20. The molecule has 7 aromatic carbocycles. The van der Waals surface area contributed by atoms with Crippen LogP contribution in [-0.2, 0) is 6.42 Å². The molecule has 0 saturated heterocycles. The van der Waals surface area contributed by atoms with E-state index in [0.29, 0.717) is 5.56 Å². The number of allylic oxidation sites excluding steroid dienone is 1. The van der Waals surface area contributed by atoms with E-state index >= 15 is 0 Å². The van der Waals surface area contributed by atoms with Gasteiger partial charge in [0.1, 0.15) is 11.6 Å². The molecule has 9 aromatic rings. The molecule has 0 radical (unpaired) electrons. The first-order valence-corrected chi connectivity index (χ1v) is 17.7. The normalized spacial score (nSPS) is 14.0. The van der Waals surface area contributed by atoms with Crippen LogP contribution < -0.4 is 0 Å². The second-order valence-corrected chi connectivity index (χ2v) is 13.6. The molecule has 2 nitrogen and oxygen atoms in total. The Bertz CT molecular complexity index is 2840. The van der Waals surface area contributed by atoms with Crippen LogP contribution in [0.5, 0.6) is 0 Å². The van der Waals surface area contributed by atoms with Crippen molar-refractivity contribution in [1.29, 1.82) is 0 Å². The number of halogens is 2. The van der Waals surface area contributed by atoms with Gasteiger partial charge in [0.25, 0.3) is 0 Å². The van der Waals surface area contributed by atoms with Gasteiger partial charge in [-0.05, 0) is 101 Å². The number of rotatable bonds is 5. The summed E-state index contributed by atoms with van der Waals surface area (Å²) in [5.74, 6) is -0.377. The van der Waals surface area contributed by atoms with Crippen molar-refractivity contribution in [1.82, 2.24) is 9.13 Å². The van der Waals surface area contributed by atoms with E-state index in [1.54, 1.807) is 18.2 Å². The lowest BCUT2D eigenvalue weighted by molar-refractivity contribution is 0.598. The summed E-state index contributed by atoms with van der Waals surface area (Å²) in [4.78, 5) is 0. The molecular weight excluding hydrogens is 643 g/mol. The molecule has 2 aromatic heterocycles. The molecule has 0 bridgehead atoms. The van der Waals surface area contributed by atoms with Crippen LogP contribution in [-0.4, -0.2) is 9.13 Å². The molecule has 1 aliphatic carbocycles. The molecule has 1 atom stereocenters. The average molecular weight is 675 g/mol. The predicted molar refractivity (Wildman–Crippen MR) is 210 cm³/mol. The van der Waals surface area contributed by atoms with Gasteiger partial charge in [0.05, 0.1) is 16.6 Å². The molecule has 0 N–H and O–H groups in total. The van der Waals surface area contributed by atoms with E-state index in [1.165, 1.54) is 17.0 Å². The van der Waals surface area contributed by atoms with Crippen LogP contribution in [0.3, 0.4) is 0 Å². The first-order valence-electron chi connectivity index (χ1n) is 17.7. The standard InChI is InChI=1S/C48H32F2N2/c49-43-13-5-1-9-37(43)33-21-27-47-41(29-33)39-11-3-7-15-45(39)51(47)35-23-17-31(18-24-35)32-19-25-36(26-20-32)52-46-16-8-4-12-40(46)42-30-34(22-28-48(42)52)38-10-2-6-14-44(38)50/h1-29,34H,30H2. The fourth-order valence-corrected chi connectivity index (χ4v) is 8.20. The number of fused-ring (bicyclic) bond motifs is 6. The van der Waals surface area contributed by atoms with E-state index in [2.05, 4.69) is 130 Å². The van der Waals surface area contributed by atoms with Crippen LogP contribution in [0, 0.1) is 11.6 Å². The minimum atomic E-state index is -0.220. The van der Waals surface area contributed by atoms with Crippen LogP contribution in [0.15, 0.2) is 170 Å². The third-order valence-electron chi connectivity index (χ3n) is 10.7. The summed E-state index contributed by atoms with van der Waals surface area (Å²) in [5.41, 5.74) is 12.4. The van der Waals surface area contributed by atoms with Gasteiger partial charge in [-0.1, -0.05) is 109 Å². The monoisotopic (exact) mass is 674 g/mol. The molecule has 0 aliphatic heterocycles. The van der Waals surface area contributed by atoms with Crippen molar-refractivity contribution in [3.05, 3.63) is 198 Å². The molecule has 248 valence electrons. The Kier molecular flexibility index (Phi) is 7.03. The van der Waals surface area contributed by atoms with Crippen molar-refractivity contribution in [3.63, 3.8) is 0 Å². The summed E-state index contributed by atoms with van der Waals surface area (Å²) in [6.07, 6.45) is 5.06. The summed E-state index contributed by atoms with van der Waals surface area (Å²) in [5, 5.41) is 3.43. The Morgan fingerprint density at radius 3 is 1.73 bits per heavy atom. The van der Waals surface area contributed by atoms with Crippen LogP contribution in [0.25, 0.3) is 72.4 Å². The number of para-hydroxylation sites is 2. The maximum atomic E-state index is 14.8. The Hall–Kier alpha value is -6.52. The van der Waals surface area contributed by atoms with Gasteiger partial charge < -0.3 is 9.13 Å². The Morgan fingerprint density at radius 2 is 1.02 bits per heavy atom. The second kappa shape index (κ2) is 12.1. The van der Waals surface area contributed by atoms with Crippen LogP contribution >= 0.6 is 0 Å². The average Bonchev–Trinajstić information content (AvgIpc) is 3.71. The zero-order chi connectivity index (χ0) is 34.8. The summed E-state index contributed by atoms with van der Waals surface area (Å²) in [7, 11) is 0. The molecule has 0 amide bonds. The Balaban J connectivity index is 0.991. The molecule has 0 fully saturated rings. The number of aromatic nitrogens is 2. The second-order valence-electron chi connectivity index (χ2n) is 13.6. The maximum Gasteiger partial charge on any atom is 0.131 e. The van der Waals surface area contributed by atoms with Crippen molar-refractivity contribution in [2.75, 3.05) is 0 Å². The smallest absolute Gasteiger partial charge is 0.131 e. The third-order valence-corrected chi connectivity index (χ3v) is 10.7. The van der Waals surface area contributed by atoms with Gasteiger partial charge in [-0.3, -0.25) is 0 Å². The Labute approximate surface area is 300 Å². The zero-order valence-corrected chi connectivity index (χ0v) is 28.2. The first kappa shape index (κ1) is 30.3. The third kappa shape index (κ3) is 4.83. The summed E-state index contributed by atoms with van der Waals surface area (Å²) >= 11 is 0. The number of nitrogens with zero attached hydrogens (tertiary/aromatic N) is 2. The molecule has 4 heteroatoms. The molecule has 10 rings (SSSR count). The van der Waals surface area contributed by atoms with Gasteiger partial charge in [0.15, 0.2) is 0 Å². The molecule has 52 heavy (non-hydrogen) atoms. The minimum absolute atomic E-state index is 0.00263. The number of hydrogen-bond donors (Lipinski definition) is 0. The van der Waals surface area contributed by atoms with Gasteiger partial charge >= 0.3 is 0 Å². The van der Waals surface area contributed by atoms with Crippen LogP contribution in [0.4, 0.5) is 8.78 Å². The van der Waals surface area contributed by atoms with E-state index in [4.69, 9.17) is 0 Å². The molecule has 1 aliphatic rings. The molecular formula is C48H32F2N2. The maximum absolute atomic E-state index is 14.8. The van der Waals surface area contributed by atoms with E-state index in [9.17, 15) is 8.78 Å². The lowest BCUT2D eigenvalue weighted by Gasteiger charge is -2.20. The van der Waals surface area contributed by atoms with Crippen molar-refractivity contribution in [2.24, 2.45) is 0 Å². The topological polar surface area (TPSA) is 9.86 Å². The van der Waals surface area contributed by atoms with E-state index in [0.717, 1.165) is 73.1 Å². The zero-order valence-electron chi connectivity index (χ0n) is 28.2. The van der Waals surface area contributed by atoms with Crippen molar-refractivity contribution in [3.8, 4) is 33.6 Å². The quantitative estimate of drug-likeness (QED) is 0.172. The number of hydrogen-bond acceptors (Lipinski definition) is 0. The summed E-state index contributed by atoms with van der Waals surface area (Å²) in [6.45, 7) is 0. The van der Waals surface area contributed by atoms with Crippen LogP contribution in [0.1, 0.15) is 22.7 Å². The summed E-state index contributed by atoms with van der Waals surface area (Å²) < 4.78 is 34.1. The van der Waals surface area contributed by atoms with Gasteiger partial charge in [0, 0.05) is 44.7 Å². The lowest BCUT2D eigenvalue weighted by Crippen LogP contribution is -2.08. The van der Waals surface area contributed by atoms with Gasteiger partial charge in [0.2, 0.25) is 0 Å². The van der Waals surface area contributed by atoms with E-state index in [1.807, 2.05) is 30.3 Å². The van der Waals surface area contributed by atoms with E-state index < -0.39 is 0 Å². The molecule has 2 heterocycles. The van der Waals surface area contributed by atoms with Gasteiger partial charge in [-0.15, -0.1) is 0 Å². The van der Waals surface area contributed by atoms with E-state index in [-0.39, 0.29) is 17.6 Å². The lowest BCUT2D eigenvalue weighted by atomic mass is 9.86. The molecule has 0 saturated carbocycles. The van der Waals surface area contributed by atoms with Gasteiger partial charge in [-0.2, -0.15) is 0 Å². The molecule has 1 unspecified atom stereocenters. The SMILES string of the molecule is Fc1ccccc1-c1ccc2c(c1)c1ccccc1n2-c1ccc(-c2ccc(-n3c4c(c5ccccc53)CC(c3ccccc3F)C=C4)cc2)cc1. The van der Waals surface area contributed by atoms with Crippen molar-refractivity contribution < 1.29 is 8.78 Å². The van der Waals surface area contributed by atoms with Gasteiger partial charge in [-0.25, -0.2) is 8.78 Å². The fraction of sp³-hybridized carbons (Fsp3) is 0.0417.